The molecular weight excluding hydrogens is 236 g/mol. The van der Waals surface area contributed by atoms with Gasteiger partial charge >= 0.3 is 6.03 Å². The predicted octanol–water partition coefficient (Wildman–Crippen LogP) is 0.394. The third-order valence-corrected chi connectivity index (χ3v) is 3.29. The zero-order chi connectivity index (χ0) is 11.3. The lowest BCUT2D eigenvalue weighted by atomic mass is 10.7. The molecule has 0 saturated heterocycles. The second kappa shape index (κ2) is 5.66. The van der Waals surface area contributed by atoms with Crippen LogP contribution < -0.4 is 10.6 Å². The Labute approximate surface area is 94.9 Å². The summed E-state index contributed by atoms with van der Waals surface area (Å²) in [5, 5.41) is 12.9. The van der Waals surface area contributed by atoms with Gasteiger partial charge in [-0.3, -0.25) is 10.1 Å². The molecule has 82 valence electrons. The van der Waals surface area contributed by atoms with Crippen molar-refractivity contribution >= 4 is 35.0 Å². The van der Waals surface area contributed by atoms with Crippen LogP contribution in [0.15, 0.2) is 4.34 Å². The quantitative estimate of drug-likeness (QED) is 0.754. The Hall–Kier alpha value is -1.15. The van der Waals surface area contributed by atoms with Gasteiger partial charge in [0.25, 0.3) is 0 Å². The summed E-state index contributed by atoms with van der Waals surface area (Å²) in [6.45, 7) is 1.84. The standard InChI is InChI=1S/C7H10N4O2S2/c1-4-10-11-7(15-4)14-3-5(12)9-6(13)8-2/h3H2,1-2H3,(H2,8,9,12,13). The number of imide groups is 1. The molecule has 0 aliphatic rings. The Morgan fingerprint density at radius 1 is 1.47 bits per heavy atom. The van der Waals surface area contributed by atoms with Crippen molar-refractivity contribution in [3.05, 3.63) is 5.01 Å². The van der Waals surface area contributed by atoms with Crippen LogP contribution in [0.2, 0.25) is 0 Å². The fraction of sp³-hybridized carbons (Fsp3) is 0.429. The van der Waals surface area contributed by atoms with Crippen LogP contribution in [-0.4, -0.2) is 34.9 Å². The van der Waals surface area contributed by atoms with Crippen molar-refractivity contribution in [2.24, 2.45) is 0 Å². The van der Waals surface area contributed by atoms with E-state index < -0.39 is 6.03 Å². The molecule has 0 spiro atoms. The lowest BCUT2D eigenvalue weighted by Crippen LogP contribution is -2.38. The molecule has 0 radical (unpaired) electrons. The summed E-state index contributed by atoms with van der Waals surface area (Å²) in [5.74, 6) is -0.200. The smallest absolute Gasteiger partial charge is 0.321 e. The molecule has 1 rings (SSSR count). The summed E-state index contributed by atoms with van der Waals surface area (Å²) >= 11 is 2.67. The van der Waals surface area contributed by atoms with E-state index in [1.54, 1.807) is 0 Å². The second-order valence-corrected chi connectivity index (χ2v) is 4.91. The summed E-state index contributed by atoms with van der Waals surface area (Å²) < 4.78 is 0.722. The topological polar surface area (TPSA) is 84.0 Å². The minimum atomic E-state index is -0.506. The molecule has 6 nitrogen and oxygen atoms in total. The fourth-order valence-electron chi connectivity index (χ4n) is 0.689. The normalized spacial score (nSPS) is 9.73. The number of aromatic nitrogens is 2. The van der Waals surface area contributed by atoms with E-state index in [-0.39, 0.29) is 11.7 Å². The largest absolute Gasteiger partial charge is 0.341 e. The fourth-order valence-corrected chi connectivity index (χ4v) is 2.30. The van der Waals surface area contributed by atoms with E-state index in [0.717, 1.165) is 9.35 Å². The molecule has 0 bridgehead atoms. The molecule has 1 heterocycles. The summed E-state index contributed by atoms with van der Waals surface area (Å²) in [4.78, 5) is 21.9. The number of hydrogen-bond donors (Lipinski definition) is 2. The van der Waals surface area contributed by atoms with Gasteiger partial charge in [-0.1, -0.05) is 23.1 Å². The summed E-state index contributed by atoms with van der Waals surface area (Å²) in [6, 6.07) is -0.506. The summed E-state index contributed by atoms with van der Waals surface area (Å²) in [6.07, 6.45) is 0. The Morgan fingerprint density at radius 3 is 2.73 bits per heavy atom. The Morgan fingerprint density at radius 2 is 2.20 bits per heavy atom. The van der Waals surface area contributed by atoms with Crippen molar-refractivity contribution in [1.82, 2.24) is 20.8 Å². The number of nitrogens with zero attached hydrogens (tertiary/aromatic N) is 2. The molecule has 0 atom stereocenters. The average molecular weight is 246 g/mol. The molecule has 1 aromatic heterocycles. The van der Waals surface area contributed by atoms with Crippen molar-refractivity contribution in [2.75, 3.05) is 12.8 Å². The molecule has 0 aliphatic carbocycles. The Balaban J connectivity index is 2.31. The monoisotopic (exact) mass is 246 g/mol. The van der Waals surface area contributed by atoms with E-state index in [0.29, 0.717) is 0 Å². The molecule has 1 aromatic rings. The van der Waals surface area contributed by atoms with E-state index in [1.165, 1.54) is 30.1 Å². The Bertz CT molecular complexity index is 366. The maximum Gasteiger partial charge on any atom is 0.321 e. The van der Waals surface area contributed by atoms with Crippen molar-refractivity contribution in [3.8, 4) is 0 Å². The molecule has 0 fully saturated rings. The van der Waals surface area contributed by atoms with Crippen LogP contribution >= 0.6 is 23.1 Å². The van der Waals surface area contributed by atoms with E-state index in [1.807, 2.05) is 6.92 Å². The van der Waals surface area contributed by atoms with Crippen LogP contribution in [0.5, 0.6) is 0 Å². The van der Waals surface area contributed by atoms with Gasteiger partial charge in [0.1, 0.15) is 5.01 Å². The highest BCUT2D eigenvalue weighted by molar-refractivity contribution is 8.01. The van der Waals surface area contributed by atoms with Crippen molar-refractivity contribution in [1.29, 1.82) is 0 Å². The third kappa shape index (κ3) is 4.26. The minimum absolute atomic E-state index is 0.155. The lowest BCUT2D eigenvalue weighted by Gasteiger charge is -2.00. The first-order valence-corrected chi connectivity index (χ1v) is 5.86. The molecule has 2 N–H and O–H groups in total. The highest BCUT2D eigenvalue weighted by atomic mass is 32.2. The van der Waals surface area contributed by atoms with Gasteiger partial charge in [0.05, 0.1) is 5.75 Å². The van der Waals surface area contributed by atoms with Crippen molar-refractivity contribution in [3.63, 3.8) is 0 Å². The highest BCUT2D eigenvalue weighted by Gasteiger charge is 2.08. The van der Waals surface area contributed by atoms with Crippen molar-refractivity contribution < 1.29 is 9.59 Å². The van der Waals surface area contributed by atoms with Gasteiger partial charge in [0, 0.05) is 7.05 Å². The van der Waals surface area contributed by atoms with Crippen LogP contribution in [0.1, 0.15) is 5.01 Å². The molecule has 0 saturated carbocycles. The highest BCUT2D eigenvalue weighted by Crippen LogP contribution is 2.21. The second-order valence-electron chi connectivity index (χ2n) is 2.50. The van der Waals surface area contributed by atoms with Gasteiger partial charge in [-0.15, -0.1) is 10.2 Å². The van der Waals surface area contributed by atoms with Crippen LogP contribution in [0.3, 0.4) is 0 Å². The first kappa shape index (κ1) is 11.9. The van der Waals surface area contributed by atoms with Gasteiger partial charge in [0.15, 0.2) is 4.34 Å². The van der Waals surface area contributed by atoms with Gasteiger partial charge in [-0.05, 0) is 6.92 Å². The maximum absolute atomic E-state index is 11.2. The van der Waals surface area contributed by atoms with Gasteiger partial charge in [0.2, 0.25) is 5.91 Å². The molecule has 0 aliphatic heterocycles. The van der Waals surface area contributed by atoms with Crippen LogP contribution in [0, 0.1) is 6.92 Å². The van der Waals surface area contributed by atoms with Crippen LogP contribution in [0.25, 0.3) is 0 Å². The number of carbonyl (C=O) groups is 2. The maximum atomic E-state index is 11.2. The van der Waals surface area contributed by atoms with E-state index in [9.17, 15) is 9.59 Å². The lowest BCUT2D eigenvalue weighted by molar-refractivity contribution is -0.117. The van der Waals surface area contributed by atoms with Crippen LogP contribution in [-0.2, 0) is 4.79 Å². The van der Waals surface area contributed by atoms with E-state index >= 15 is 0 Å². The number of rotatable bonds is 3. The zero-order valence-electron chi connectivity index (χ0n) is 8.23. The number of carbonyl (C=O) groups excluding carboxylic acids is 2. The van der Waals surface area contributed by atoms with Crippen LogP contribution in [0.4, 0.5) is 4.79 Å². The number of aryl methyl sites for hydroxylation is 1. The predicted molar refractivity (Wildman–Crippen MR) is 58.0 cm³/mol. The first-order valence-electron chi connectivity index (χ1n) is 4.06. The van der Waals surface area contributed by atoms with Gasteiger partial charge < -0.3 is 5.32 Å². The minimum Gasteiger partial charge on any atom is -0.341 e. The molecule has 8 heteroatoms. The van der Waals surface area contributed by atoms with Gasteiger partial charge in [-0.25, -0.2) is 4.79 Å². The Kier molecular flexibility index (Phi) is 4.50. The summed E-state index contributed by atoms with van der Waals surface area (Å²) in [7, 11) is 1.45. The molecule has 3 amide bonds. The van der Waals surface area contributed by atoms with E-state index in [4.69, 9.17) is 0 Å². The van der Waals surface area contributed by atoms with E-state index in [2.05, 4.69) is 20.8 Å². The van der Waals surface area contributed by atoms with Gasteiger partial charge in [-0.2, -0.15) is 0 Å². The third-order valence-electron chi connectivity index (χ3n) is 1.31. The number of thioether (sulfide) groups is 1. The molecular formula is C7H10N4O2S2. The first-order chi connectivity index (χ1) is 7.11. The zero-order valence-corrected chi connectivity index (χ0v) is 9.87. The average Bonchev–Trinajstić information content (AvgIpc) is 2.61. The molecule has 0 unspecified atom stereocenters. The number of nitrogens with one attached hydrogen (secondary N) is 2. The van der Waals surface area contributed by atoms with Crippen molar-refractivity contribution in [2.45, 2.75) is 11.3 Å². The SMILES string of the molecule is CNC(=O)NC(=O)CSc1nnc(C)s1. The molecule has 15 heavy (non-hydrogen) atoms. The number of amides is 3. The molecule has 0 aromatic carbocycles. The number of urea groups is 1. The number of hydrogen-bond acceptors (Lipinski definition) is 6. The summed E-state index contributed by atoms with van der Waals surface area (Å²) in [5.41, 5.74) is 0.